The number of hydrogen-bond acceptors (Lipinski definition) is 3. The minimum atomic E-state index is -0.460. The second kappa shape index (κ2) is 6.29. The van der Waals surface area contributed by atoms with Gasteiger partial charge in [0.25, 0.3) is 11.6 Å². The van der Waals surface area contributed by atoms with Gasteiger partial charge < -0.3 is 5.32 Å². The van der Waals surface area contributed by atoms with Crippen LogP contribution in [0.15, 0.2) is 60.8 Å². The molecule has 0 aliphatic rings. The van der Waals surface area contributed by atoms with Crippen LogP contribution in [0.4, 0.5) is 5.69 Å². The lowest BCUT2D eigenvalue weighted by atomic mass is 10.2. The summed E-state index contributed by atoms with van der Waals surface area (Å²) in [7, 11) is 0. The van der Waals surface area contributed by atoms with Crippen LogP contribution in [0.5, 0.6) is 0 Å². The molecule has 0 aliphatic carbocycles. The van der Waals surface area contributed by atoms with Gasteiger partial charge in [0.2, 0.25) is 0 Å². The van der Waals surface area contributed by atoms with Gasteiger partial charge in [-0.15, -0.1) is 0 Å². The molecule has 0 radical (unpaired) electrons. The second-order valence-corrected chi connectivity index (χ2v) is 3.99. The van der Waals surface area contributed by atoms with Crippen LogP contribution in [0.3, 0.4) is 0 Å². The monoisotopic (exact) mass is 268 g/mol. The van der Waals surface area contributed by atoms with Crippen molar-refractivity contribution in [3.8, 4) is 0 Å². The number of nitro groups is 1. The Kier molecular flexibility index (Phi) is 4.24. The van der Waals surface area contributed by atoms with Crippen LogP contribution in [0.1, 0.15) is 15.9 Å². The van der Waals surface area contributed by atoms with Gasteiger partial charge in [-0.2, -0.15) is 0 Å². The molecule has 0 heterocycles. The Morgan fingerprint density at radius 1 is 1.05 bits per heavy atom. The summed E-state index contributed by atoms with van der Waals surface area (Å²) in [5.74, 6) is -0.263. The SMILES string of the molecule is O=C(N/C=C/c1ccccc1[N+](=O)[O-])c1ccccc1. The maximum atomic E-state index is 11.8. The molecule has 0 saturated carbocycles. The largest absolute Gasteiger partial charge is 0.329 e. The summed E-state index contributed by atoms with van der Waals surface area (Å²) >= 11 is 0. The minimum Gasteiger partial charge on any atom is -0.329 e. The summed E-state index contributed by atoms with van der Waals surface area (Å²) in [4.78, 5) is 22.1. The van der Waals surface area contributed by atoms with E-state index in [-0.39, 0.29) is 11.6 Å². The Morgan fingerprint density at radius 2 is 1.70 bits per heavy atom. The number of carbonyl (C=O) groups excluding carboxylic acids is 1. The highest BCUT2D eigenvalue weighted by Crippen LogP contribution is 2.18. The highest BCUT2D eigenvalue weighted by atomic mass is 16.6. The van der Waals surface area contributed by atoms with Crippen LogP contribution in [0, 0.1) is 10.1 Å². The fourth-order valence-corrected chi connectivity index (χ4v) is 1.67. The van der Waals surface area contributed by atoms with Gasteiger partial charge >= 0.3 is 0 Å². The second-order valence-electron chi connectivity index (χ2n) is 3.99. The van der Waals surface area contributed by atoms with Gasteiger partial charge in [-0.3, -0.25) is 14.9 Å². The lowest BCUT2D eigenvalue weighted by Gasteiger charge is -2.00. The van der Waals surface area contributed by atoms with Crippen LogP contribution in [0.2, 0.25) is 0 Å². The number of rotatable bonds is 4. The van der Waals surface area contributed by atoms with Crippen LogP contribution in [-0.4, -0.2) is 10.8 Å². The van der Waals surface area contributed by atoms with E-state index in [0.717, 1.165) is 0 Å². The van der Waals surface area contributed by atoms with Gasteiger partial charge in [0, 0.05) is 17.8 Å². The zero-order valence-electron chi connectivity index (χ0n) is 10.5. The molecule has 0 saturated heterocycles. The molecule has 1 N–H and O–H groups in total. The maximum absolute atomic E-state index is 11.8. The Labute approximate surface area is 115 Å². The number of benzene rings is 2. The lowest BCUT2D eigenvalue weighted by Crippen LogP contribution is -2.16. The van der Waals surface area contributed by atoms with Gasteiger partial charge in [0.1, 0.15) is 0 Å². The Bertz CT molecular complexity index is 651. The van der Waals surface area contributed by atoms with E-state index in [1.165, 1.54) is 18.3 Å². The fourth-order valence-electron chi connectivity index (χ4n) is 1.67. The Morgan fingerprint density at radius 3 is 2.40 bits per heavy atom. The van der Waals surface area contributed by atoms with Crippen molar-refractivity contribution in [2.45, 2.75) is 0 Å². The van der Waals surface area contributed by atoms with Crippen molar-refractivity contribution >= 4 is 17.7 Å². The predicted octanol–water partition coefficient (Wildman–Crippen LogP) is 3.00. The Balaban J connectivity index is 2.08. The van der Waals surface area contributed by atoms with Crippen molar-refractivity contribution in [3.63, 3.8) is 0 Å². The topological polar surface area (TPSA) is 72.2 Å². The third kappa shape index (κ3) is 3.29. The predicted molar refractivity (Wildman–Crippen MR) is 76.0 cm³/mol. The summed E-state index contributed by atoms with van der Waals surface area (Å²) in [6, 6.07) is 15.1. The molecule has 0 unspecified atom stereocenters. The van der Waals surface area contributed by atoms with E-state index in [2.05, 4.69) is 5.32 Å². The number of amides is 1. The molecule has 1 amide bonds. The smallest absolute Gasteiger partial charge is 0.276 e. The zero-order chi connectivity index (χ0) is 14.4. The summed E-state index contributed by atoms with van der Waals surface area (Å²) in [6.45, 7) is 0. The van der Waals surface area contributed by atoms with Crippen molar-refractivity contribution in [2.75, 3.05) is 0 Å². The number of nitro benzene ring substituents is 1. The first kappa shape index (κ1) is 13.5. The summed E-state index contributed by atoms with van der Waals surface area (Å²) < 4.78 is 0. The van der Waals surface area contributed by atoms with Gasteiger partial charge in [-0.05, 0) is 24.3 Å². The van der Waals surface area contributed by atoms with E-state index in [1.54, 1.807) is 42.5 Å². The van der Waals surface area contributed by atoms with Crippen molar-refractivity contribution in [3.05, 3.63) is 82.0 Å². The summed E-state index contributed by atoms with van der Waals surface area (Å²) in [5.41, 5.74) is 0.961. The highest BCUT2D eigenvalue weighted by Gasteiger charge is 2.09. The highest BCUT2D eigenvalue weighted by molar-refractivity contribution is 5.95. The van der Waals surface area contributed by atoms with E-state index in [1.807, 2.05) is 6.07 Å². The molecule has 0 fully saturated rings. The molecule has 2 rings (SSSR count). The number of hydrogen-bond donors (Lipinski definition) is 1. The molecule has 0 spiro atoms. The van der Waals surface area contributed by atoms with Gasteiger partial charge in [0.15, 0.2) is 0 Å². The third-order valence-corrected chi connectivity index (χ3v) is 2.65. The zero-order valence-corrected chi connectivity index (χ0v) is 10.5. The van der Waals surface area contributed by atoms with Gasteiger partial charge in [0.05, 0.1) is 10.5 Å². The van der Waals surface area contributed by atoms with Crippen molar-refractivity contribution in [1.82, 2.24) is 5.32 Å². The molecule has 20 heavy (non-hydrogen) atoms. The molecule has 0 bridgehead atoms. The fraction of sp³-hybridized carbons (Fsp3) is 0. The molecular formula is C15H12N2O3. The van der Waals surface area contributed by atoms with Crippen LogP contribution in [0.25, 0.3) is 6.08 Å². The van der Waals surface area contributed by atoms with E-state index in [4.69, 9.17) is 0 Å². The molecule has 2 aromatic carbocycles. The molecule has 0 aromatic heterocycles. The van der Waals surface area contributed by atoms with E-state index >= 15 is 0 Å². The standard InChI is InChI=1S/C15H12N2O3/c18-15(13-7-2-1-3-8-13)16-11-10-12-6-4-5-9-14(12)17(19)20/h1-11H,(H,16,18)/b11-10+. The van der Waals surface area contributed by atoms with Crippen molar-refractivity contribution < 1.29 is 9.72 Å². The molecule has 100 valence electrons. The maximum Gasteiger partial charge on any atom is 0.276 e. The normalized spacial score (nSPS) is 10.4. The molecule has 0 aliphatic heterocycles. The van der Waals surface area contributed by atoms with Crippen LogP contribution < -0.4 is 5.32 Å². The first-order valence-electron chi connectivity index (χ1n) is 5.94. The molecule has 2 aromatic rings. The first-order chi connectivity index (χ1) is 9.68. The third-order valence-electron chi connectivity index (χ3n) is 2.65. The number of para-hydroxylation sites is 1. The van der Waals surface area contributed by atoms with E-state index in [0.29, 0.717) is 11.1 Å². The quantitative estimate of drug-likeness (QED) is 0.684. The minimum absolute atomic E-state index is 0.00212. The molecule has 0 atom stereocenters. The molecule has 5 nitrogen and oxygen atoms in total. The summed E-state index contributed by atoms with van der Waals surface area (Å²) in [5, 5.41) is 13.4. The number of nitrogens with one attached hydrogen (secondary N) is 1. The molecular weight excluding hydrogens is 256 g/mol. The van der Waals surface area contributed by atoms with Crippen LogP contribution in [-0.2, 0) is 0 Å². The van der Waals surface area contributed by atoms with Crippen LogP contribution >= 0.6 is 0 Å². The average Bonchev–Trinajstić information content (AvgIpc) is 2.48. The van der Waals surface area contributed by atoms with E-state index in [9.17, 15) is 14.9 Å². The number of nitrogens with zero attached hydrogens (tertiary/aromatic N) is 1. The van der Waals surface area contributed by atoms with E-state index < -0.39 is 4.92 Å². The van der Waals surface area contributed by atoms with Crippen molar-refractivity contribution in [2.24, 2.45) is 0 Å². The number of carbonyl (C=O) groups is 1. The summed E-state index contributed by atoms with van der Waals surface area (Å²) in [6.07, 6.45) is 2.90. The van der Waals surface area contributed by atoms with Gasteiger partial charge in [-0.25, -0.2) is 0 Å². The lowest BCUT2D eigenvalue weighted by molar-refractivity contribution is -0.385. The average molecular weight is 268 g/mol. The first-order valence-corrected chi connectivity index (χ1v) is 5.94. The molecule has 5 heteroatoms. The van der Waals surface area contributed by atoms with Gasteiger partial charge in [-0.1, -0.05) is 30.3 Å². The van der Waals surface area contributed by atoms with Crippen molar-refractivity contribution in [1.29, 1.82) is 0 Å². The Hall–Kier alpha value is -2.95.